The molecule has 6 nitrogen and oxygen atoms in total. The summed E-state index contributed by atoms with van der Waals surface area (Å²) >= 11 is 0. The smallest absolute Gasteiger partial charge is 0.255 e. The quantitative estimate of drug-likeness (QED) is 0.511. The van der Waals surface area contributed by atoms with Crippen molar-refractivity contribution >= 4 is 21.6 Å². The van der Waals surface area contributed by atoms with Crippen molar-refractivity contribution in [2.45, 2.75) is 43.4 Å². The number of sulfonamides is 1. The lowest BCUT2D eigenvalue weighted by molar-refractivity contribution is 0.102. The van der Waals surface area contributed by atoms with Gasteiger partial charge in [0, 0.05) is 42.0 Å². The average molecular weight is 474 g/mol. The number of hydrogen-bond donors (Lipinski definition) is 2. The summed E-state index contributed by atoms with van der Waals surface area (Å²) in [5.74, 6) is -5.60. The van der Waals surface area contributed by atoms with E-state index in [0.29, 0.717) is 37.8 Å². The molecule has 0 radical (unpaired) electrons. The summed E-state index contributed by atoms with van der Waals surface area (Å²) in [5, 5.41) is 11.9. The number of alkyl halides is 1. The number of benzene rings is 2. The Kier molecular flexibility index (Phi) is 7.52. The molecule has 0 spiro atoms. The van der Waals surface area contributed by atoms with Gasteiger partial charge in [0.1, 0.15) is 6.67 Å². The van der Waals surface area contributed by atoms with Crippen molar-refractivity contribution in [2.75, 3.05) is 18.4 Å². The van der Waals surface area contributed by atoms with E-state index in [0.717, 1.165) is 12.1 Å². The summed E-state index contributed by atoms with van der Waals surface area (Å²) in [6, 6.07) is 4.51. The number of rotatable bonds is 5. The lowest BCUT2D eigenvalue weighted by Crippen LogP contribution is -2.36. The average Bonchev–Trinajstić information content (AvgIpc) is 2.73. The third-order valence-electron chi connectivity index (χ3n) is 5.22. The molecule has 0 saturated carbocycles. The Bertz CT molecular complexity index is 1080. The normalized spacial score (nSPS) is 16.4. The largest absolute Gasteiger partial charge is 0.393 e. The van der Waals surface area contributed by atoms with Gasteiger partial charge in [0.2, 0.25) is 10.0 Å². The Labute approximate surface area is 182 Å². The molecule has 0 aromatic heterocycles. The standard InChI is InChI=1S/C21H22F4N2O4S/c22-12-14-6-5-13(21(29)26-15-10-17(23)20(25)18(24)11-15)9-19(14)32(30,31)27-7-1-3-16(28)4-2-8-27/h5-6,9-11,16,28H,1-4,7-8,12H2,(H,26,29). The van der Waals surface area contributed by atoms with Crippen LogP contribution in [0, 0.1) is 17.5 Å². The van der Waals surface area contributed by atoms with Crippen LogP contribution in [-0.4, -0.2) is 42.9 Å². The van der Waals surface area contributed by atoms with Gasteiger partial charge in [0.05, 0.1) is 11.0 Å². The second-order valence-electron chi connectivity index (χ2n) is 7.51. The topological polar surface area (TPSA) is 86.7 Å². The van der Waals surface area contributed by atoms with E-state index in [-0.39, 0.29) is 34.8 Å². The molecule has 2 N–H and O–H groups in total. The molecule has 1 amide bonds. The minimum atomic E-state index is -4.15. The molecule has 0 atom stereocenters. The van der Waals surface area contributed by atoms with E-state index in [1.54, 1.807) is 0 Å². The number of aliphatic hydroxyl groups excluding tert-OH is 1. The van der Waals surface area contributed by atoms with Crippen molar-refractivity contribution < 1.29 is 35.9 Å². The highest BCUT2D eigenvalue weighted by molar-refractivity contribution is 7.89. The van der Waals surface area contributed by atoms with Crippen LogP contribution < -0.4 is 5.32 Å². The van der Waals surface area contributed by atoms with Gasteiger partial charge in [0.25, 0.3) is 5.91 Å². The van der Waals surface area contributed by atoms with E-state index in [2.05, 4.69) is 5.32 Å². The van der Waals surface area contributed by atoms with Crippen molar-refractivity contribution in [1.82, 2.24) is 4.31 Å². The zero-order valence-electron chi connectivity index (χ0n) is 17.0. The third kappa shape index (κ3) is 5.28. The molecular formula is C21H22F4N2O4S. The molecule has 1 heterocycles. The number of carbonyl (C=O) groups excluding carboxylic acids is 1. The molecule has 1 aliphatic rings. The van der Waals surface area contributed by atoms with Gasteiger partial charge in [-0.15, -0.1) is 0 Å². The van der Waals surface area contributed by atoms with E-state index in [1.807, 2.05) is 0 Å². The van der Waals surface area contributed by atoms with Crippen LogP contribution in [0.2, 0.25) is 0 Å². The number of carbonyl (C=O) groups is 1. The fourth-order valence-corrected chi connectivity index (χ4v) is 5.27. The molecule has 0 bridgehead atoms. The number of amides is 1. The summed E-state index contributed by atoms with van der Waals surface area (Å²) in [4.78, 5) is 12.1. The molecule has 3 rings (SSSR count). The number of halogens is 4. The fourth-order valence-electron chi connectivity index (χ4n) is 3.52. The first-order chi connectivity index (χ1) is 15.1. The molecule has 32 heavy (non-hydrogen) atoms. The van der Waals surface area contributed by atoms with Crippen molar-refractivity contribution in [3.05, 3.63) is 58.9 Å². The second-order valence-corrected chi connectivity index (χ2v) is 9.41. The van der Waals surface area contributed by atoms with Crippen LogP contribution in [0.3, 0.4) is 0 Å². The van der Waals surface area contributed by atoms with Crippen LogP contribution in [0.5, 0.6) is 0 Å². The van der Waals surface area contributed by atoms with E-state index in [1.165, 1.54) is 10.4 Å². The molecular weight excluding hydrogens is 452 g/mol. The molecule has 2 aromatic carbocycles. The van der Waals surface area contributed by atoms with Crippen LogP contribution in [-0.2, 0) is 16.7 Å². The van der Waals surface area contributed by atoms with Crippen molar-refractivity contribution in [2.24, 2.45) is 0 Å². The molecule has 2 aromatic rings. The molecule has 1 saturated heterocycles. The number of nitrogens with zero attached hydrogens (tertiary/aromatic N) is 1. The Morgan fingerprint density at radius 3 is 2.22 bits per heavy atom. The maximum atomic E-state index is 13.6. The van der Waals surface area contributed by atoms with Gasteiger partial charge >= 0.3 is 0 Å². The van der Waals surface area contributed by atoms with Crippen molar-refractivity contribution in [1.29, 1.82) is 0 Å². The fraction of sp³-hybridized carbons (Fsp3) is 0.381. The van der Waals surface area contributed by atoms with E-state index in [4.69, 9.17) is 0 Å². The van der Waals surface area contributed by atoms with Crippen molar-refractivity contribution in [3.8, 4) is 0 Å². The molecule has 1 aliphatic heterocycles. The molecule has 0 unspecified atom stereocenters. The van der Waals surface area contributed by atoms with Crippen LogP contribution in [0.15, 0.2) is 35.2 Å². The van der Waals surface area contributed by atoms with Gasteiger partial charge < -0.3 is 10.4 Å². The lowest BCUT2D eigenvalue weighted by atomic mass is 10.1. The number of hydrogen-bond acceptors (Lipinski definition) is 4. The Morgan fingerprint density at radius 1 is 1.06 bits per heavy atom. The highest BCUT2D eigenvalue weighted by Crippen LogP contribution is 2.26. The number of nitrogens with one attached hydrogen (secondary N) is 1. The predicted molar refractivity (Wildman–Crippen MR) is 109 cm³/mol. The third-order valence-corrected chi connectivity index (χ3v) is 7.20. The lowest BCUT2D eigenvalue weighted by Gasteiger charge is -2.26. The SMILES string of the molecule is O=C(Nc1cc(F)c(F)c(F)c1)c1ccc(CF)c(S(=O)(=O)N2CCCC(O)CCC2)c1. The van der Waals surface area contributed by atoms with Gasteiger partial charge in [0.15, 0.2) is 17.5 Å². The summed E-state index contributed by atoms with van der Waals surface area (Å²) < 4.78 is 81.0. The molecule has 1 fully saturated rings. The second kappa shape index (κ2) is 9.97. The summed E-state index contributed by atoms with van der Waals surface area (Å²) in [5.41, 5.74) is -0.691. The van der Waals surface area contributed by atoms with Gasteiger partial charge in [-0.3, -0.25) is 4.79 Å². The minimum Gasteiger partial charge on any atom is -0.393 e. The van der Waals surface area contributed by atoms with E-state index < -0.39 is 46.2 Å². The highest BCUT2D eigenvalue weighted by atomic mass is 32.2. The van der Waals surface area contributed by atoms with Crippen LogP contribution >= 0.6 is 0 Å². The van der Waals surface area contributed by atoms with Gasteiger partial charge in [-0.25, -0.2) is 26.0 Å². The van der Waals surface area contributed by atoms with E-state index in [9.17, 15) is 35.9 Å². The molecule has 11 heteroatoms. The first-order valence-corrected chi connectivity index (χ1v) is 11.4. The van der Waals surface area contributed by atoms with E-state index >= 15 is 0 Å². The Morgan fingerprint density at radius 2 is 1.66 bits per heavy atom. The van der Waals surface area contributed by atoms with Crippen LogP contribution in [0.1, 0.15) is 41.6 Å². The number of aliphatic hydroxyl groups is 1. The Balaban J connectivity index is 1.90. The highest BCUT2D eigenvalue weighted by Gasteiger charge is 2.29. The predicted octanol–water partition coefficient (Wildman–Crippen LogP) is 3.75. The first-order valence-electron chi connectivity index (χ1n) is 9.96. The minimum absolute atomic E-state index is 0.135. The first kappa shape index (κ1) is 24.1. The summed E-state index contributed by atoms with van der Waals surface area (Å²) in [6.07, 6.45) is 1.24. The zero-order valence-corrected chi connectivity index (χ0v) is 17.8. The van der Waals surface area contributed by atoms with Gasteiger partial charge in [-0.2, -0.15) is 4.31 Å². The van der Waals surface area contributed by atoms with Crippen LogP contribution in [0.4, 0.5) is 23.2 Å². The monoisotopic (exact) mass is 474 g/mol. The van der Waals surface area contributed by atoms with Crippen molar-refractivity contribution in [3.63, 3.8) is 0 Å². The molecule has 174 valence electrons. The summed E-state index contributed by atoms with van der Waals surface area (Å²) in [6.45, 7) is -0.817. The van der Waals surface area contributed by atoms with Gasteiger partial charge in [-0.1, -0.05) is 6.07 Å². The Hall–Kier alpha value is -2.50. The van der Waals surface area contributed by atoms with Crippen LogP contribution in [0.25, 0.3) is 0 Å². The number of anilines is 1. The maximum absolute atomic E-state index is 13.6. The van der Waals surface area contributed by atoms with Gasteiger partial charge in [-0.05, 0) is 37.8 Å². The summed E-state index contributed by atoms with van der Waals surface area (Å²) in [7, 11) is -4.15. The molecule has 0 aliphatic carbocycles. The maximum Gasteiger partial charge on any atom is 0.255 e. The zero-order chi connectivity index (χ0) is 23.5.